The Balaban J connectivity index is 3.38. The monoisotopic (exact) mass is 390 g/mol. The van der Waals surface area contributed by atoms with Gasteiger partial charge in [-0.3, -0.25) is 0 Å². The molecule has 1 unspecified atom stereocenters. The molecule has 0 saturated heterocycles. The number of hydrogen-bond acceptors (Lipinski definition) is 0. The molecule has 0 N–H and O–H groups in total. The molecule has 0 rings (SSSR count). The highest BCUT2D eigenvalue weighted by molar-refractivity contribution is 4.98. The summed E-state index contributed by atoms with van der Waals surface area (Å²) in [6, 6.07) is 0. The van der Waals surface area contributed by atoms with E-state index in [2.05, 4.69) is 39.5 Å². The maximum Gasteiger partial charge on any atom is 0.00887 e. The van der Waals surface area contributed by atoms with Crippen LogP contribution in [0.3, 0.4) is 0 Å². The summed E-state index contributed by atoms with van der Waals surface area (Å²) in [5.74, 6) is 8.62. The van der Waals surface area contributed by atoms with E-state index in [0.29, 0.717) is 0 Å². The molecule has 0 fully saturated rings. The predicted octanol–water partition coefficient (Wildman–Crippen LogP) is 10.1. The number of unbranched alkanes of at least 4 members (excludes halogenated alkanes) is 15. The van der Waals surface area contributed by atoms with E-state index in [-0.39, 0.29) is 0 Å². The molecule has 28 heavy (non-hydrogen) atoms. The first-order valence-electron chi connectivity index (χ1n) is 13.2. The van der Waals surface area contributed by atoms with Gasteiger partial charge in [0.1, 0.15) is 0 Å². The first kappa shape index (κ1) is 27.6. The zero-order valence-electron chi connectivity index (χ0n) is 20.3. The lowest BCUT2D eigenvalue weighted by atomic mass is 9.86. The van der Waals surface area contributed by atoms with Crippen LogP contribution in [0.2, 0.25) is 0 Å². The normalized spacial score (nSPS) is 12.2. The Hall–Kier alpha value is -0.440. The number of rotatable bonds is 20. The standard InChI is InChI=1S/C28H54/c1-5-7-9-10-11-12-13-14-15-16-17-18-19-20-21-22-24-26-28(27(3)4)25-23-8-6-2/h27-28H,5-19,22-26H2,1-4H3. The van der Waals surface area contributed by atoms with Crippen LogP contribution >= 0.6 is 0 Å². The van der Waals surface area contributed by atoms with Crippen LogP contribution in [-0.2, 0) is 0 Å². The maximum atomic E-state index is 3.44. The highest BCUT2D eigenvalue weighted by Crippen LogP contribution is 2.24. The largest absolute Gasteiger partial charge is 0.103 e. The van der Waals surface area contributed by atoms with Crippen LogP contribution in [0.15, 0.2) is 0 Å². The van der Waals surface area contributed by atoms with Crippen LogP contribution in [0.5, 0.6) is 0 Å². The van der Waals surface area contributed by atoms with Crippen molar-refractivity contribution in [1.82, 2.24) is 0 Å². The van der Waals surface area contributed by atoms with Gasteiger partial charge >= 0.3 is 0 Å². The molecular formula is C28H54. The maximum absolute atomic E-state index is 3.44. The van der Waals surface area contributed by atoms with Gasteiger partial charge < -0.3 is 0 Å². The summed E-state index contributed by atoms with van der Waals surface area (Å²) in [4.78, 5) is 0. The lowest BCUT2D eigenvalue weighted by Gasteiger charge is -2.20. The van der Waals surface area contributed by atoms with Gasteiger partial charge in [0.15, 0.2) is 0 Å². The smallest absolute Gasteiger partial charge is 0.00887 e. The van der Waals surface area contributed by atoms with Gasteiger partial charge in [0, 0.05) is 12.8 Å². The van der Waals surface area contributed by atoms with E-state index in [1.165, 1.54) is 116 Å². The fraction of sp³-hybridized carbons (Fsp3) is 0.929. The molecule has 0 saturated carbocycles. The second-order valence-corrected chi connectivity index (χ2v) is 9.38. The van der Waals surface area contributed by atoms with Crippen molar-refractivity contribution in [2.24, 2.45) is 11.8 Å². The molecule has 0 radical (unpaired) electrons. The zero-order chi connectivity index (χ0) is 20.7. The molecule has 0 heteroatoms. The highest BCUT2D eigenvalue weighted by Gasteiger charge is 2.11. The molecule has 0 nitrogen and oxygen atoms in total. The molecule has 0 aromatic carbocycles. The average Bonchev–Trinajstić information content (AvgIpc) is 2.68. The first-order valence-corrected chi connectivity index (χ1v) is 13.2. The third-order valence-electron chi connectivity index (χ3n) is 6.28. The van der Waals surface area contributed by atoms with Crippen LogP contribution < -0.4 is 0 Å². The van der Waals surface area contributed by atoms with Crippen molar-refractivity contribution in [3.8, 4) is 11.8 Å². The Kier molecular flexibility index (Phi) is 22.5. The summed E-state index contributed by atoms with van der Waals surface area (Å²) in [5, 5.41) is 0. The van der Waals surface area contributed by atoms with Crippen molar-refractivity contribution in [1.29, 1.82) is 0 Å². The van der Waals surface area contributed by atoms with Gasteiger partial charge in [0.25, 0.3) is 0 Å². The molecule has 0 aliphatic carbocycles. The quantitative estimate of drug-likeness (QED) is 0.143. The Bertz CT molecular complexity index is 343. The fourth-order valence-electron chi connectivity index (χ4n) is 4.15. The Morgan fingerprint density at radius 1 is 0.464 bits per heavy atom. The minimum atomic E-state index is 0.839. The minimum absolute atomic E-state index is 0.839. The van der Waals surface area contributed by atoms with E-state index in [9.17, 15) is 0 Å². The summed E-state index contributed by atoms with van der Waals surface area (Å²) in [7, 11) is 0. The molecule has 0 aliphatic rings. The molecule has 0 spiro atoms. The molecule has 0 bridgehead atoms. The Labute approximate surface area is 180 Å². The average molecular weight is 391 g/mol. The van der Waals surface area contributed by atoms with E-state index < -0.39 is 0 Å². The van der Waals surface area contributed by atoms with Crippen molar-refractivity contribution >= 4 is 0 Å². The molecule has 1 atom stereocenters. The van der Waals surface area contributed by atoms with E-state index in [1.807, 2.05) is 0 Å². The van der Waals surface area contributed by atoms with E-state index in [4.69, 9.17) is 0 Å². The third kappa shape index (κ3) is 20.3. The summed E-state index contributed by atoms with van der Waals surface area (Å²) in [6.45, 7) is 9.40. The molecule has 0 aromatic rings. The van der Waals surface area contributed by atoms with Gasteiger partial charge in [-0.05, 0) is 31.1 Å². The SMILES string of the molecule is CCCCCCCCCCCCCCC#CCCCC(CCCCC)C(C)C. The van der Waals surface area contributed by atoms with Gasteiger partial charge in [0.2, 0.25) is 0 Å². The van der Waals surface area contributed by atoms with Crippen molar-refractivity contribution < 1.29 is 0 Å². The first-order chi connectivity index (χ1) is 13.7. The molecule has 0 amide bonds. The predicted molar refractivity (Wildman–Crippen MR) is 130 cm³/mol. The van der Waals surface area contributed by atoms with Gasteiger partial charge in [-0.25, -0.2) is 0 Å². The summed E-state index contributed by atoms with van der Waals surface area (Å²) in [6.07, 6.45) is 27.6. The lowest BCUT2D eigenvalue weighted by Crippen LogP contribution is -2.08. The Morgan fingerprint density at radius 3 is 1.36 bits per heavy atom. The van der Waals surface area contributed by atoms with Crippen LogP contribution in [-0.4, -0.2) is 0 Å². The zero-order valence-corrected chi connectivity index (χ0v) is 20.3. The van der Waals surface area contributed by atoms with Crippen molar-refractivity contribution in [3.63, 3.8) is 0 Å². The second-order valence-electron chi connectivity index (χ2n) is 9.38. The topological polar surface area (TPSA) is 0 Å². The van der Waals surface area contributed by atoms with Crippen LogP contribution in [0.1, 0.15) is 156 Å². The fourth-order valence-corrected chi connectivity index (χ4v) is 4.15. The lowest BCUT2D eigenvalue weighted by molar-refractivity contribution is 0.320. The van der Waals surface area contributed by atoms with E-state index >= 15 is 0 Å². The van der Waals surface area contributed by atoms with Crippen molar-refractivity contribution in [2.45, 2.75) is 156 Å². The van der Waals surface area contributed by atoms with Crippen molar-refractivity contribution in [2.75, 3.05) is 0 Å². The summed E-state index contributed by atoms with van der Waals surface area (Å²) >= 11 is 0. The highest BCUT2D eigenvalue weighted by atomic mass is 14.2. The van der Waals surface area contributed by atoms with Crippen molar-refractivity contribution in [3.05, 3.63) is 0 Å². The van der Waals surface area contributed by atoms with Crippen LogP contribution in [0.25, 0.3) is 0 Å². The molecule has 0 aromatic heterocycles. The minimum Gasteiger partial charge on any atom is -0.103 e. The van der Waals surface area contributed by atoms with Gasteiger partial charge in [-0.15, -0.1) is 11.8 Å². The number of hydrogen-bond donors (Lipinski definition) is 0. The Morgan fingerprint density at radius 2 is 0.857 bits per heavy atom. The van der Waals surface area contributed by atoms with Gasteiger partial charge in [-0.1, -0.05) is 124 Å². The van der Waals surface area contributed by atoms with Gasteiger partial charge in [-0.2, -0.15) is 0 Å². The summed E-state index contributed by atoms with van der Waals surface area (Å²) in [5.41, 5.74) is 0. The van der Waals surface area contributed by atoms with E-state index in [1.54, 1.807) is 0 Å². The molecule has 0 aliphatic heterocycles. The molecule has 166 valence electrons. The van der Waals surface area contributed by atoms with E-state index in [0.717, 1.165) is 24.7 Å². The van der Waals surface area contributed by atoms with Gasteiger partial charge in [0.05, 0.1) is 0 Å². The molecule has 0 heterocycles. The van der Waals surface area contributed by atoms with Crippen LogP contribution in [0.4, 0.5) is 0 Å². The summed E-state index contributed by atoms with van der Waals surface area (Å²) < 4.78 is 0. The third-order valence-corrected chi connectivity index (χ3v) is 6.28. The second kappa shape index (κ2) is 22.8. The van der Waals surface area contributed by atoms with Crippen LogP contribution in [0, 0.1) is 23.7 Å². The molecular weight excluding hydrogens is 336 g/mol.